The van der Waals surface area contributed by atoms with Crippen LogP contribution in [-0.2, 0) is 30.3 Å². The molecule has 0 aliphatic rings. The van der Waals surface area contributed by atoms with Crippen LogP contribution in [0.5, 0.6) is 0 Å². The Labute approximate surface area is 81.6 Å². The molecule has 0 fully saturated rings. The van der Waals surface area contributed by atoms with E-state index >= 15 is 0 Å². The van der Waals surface area contributed by atoms with E-state index in [4.69, 9.17) is 18.0 Å². The molecule has 0 saturated heterocycles. The van der Waals surface area contributed by atoms with Gasteiger partial charge in [-0.3, -0.25) is 0 Å². The van der Waals surface area contributed by atoms with Crippen LogP contribution in [0.25, 0.3) is 0 Å². The summed E-state index contributed by atoms with van der Waals surface area (Å²) in [5, 5.41) is 0. The van der Waals surface area contributed by atoms with E-state index < -0.39 is 7.82 Å². The van der Waals surface area contributed by atoms with Gasteiger partial charge in [-0.15, -0.1) is 0 Å². The van der Waals surface area contributed by atoms with Crippen molar-refractivity contribution in [2.75, 3.05) is 0 Å². The summed E-state index contributed by atoms with van der Waals surface area (Å²) in [6.07, 6.45) is 0. The zero-order valence-electron chi connectivity index (χ0n) is 3.39. The van der Waals surface area contributed by atoms with Crippen molar-refractivity contribution in [2.45, 2.75) is 0 Å². The molecule has 0 heterocycles. The first-order chi connectivity index (χ1) is 3.56. The van der Waals surface area contributed by atoms with Gasteiger partial charge in [0.25, 0.3) is 0 Å². The average Bonchev–Trinajstić information content (AvgIpc) is 1.71. The van der Waals surface area contributed by atoms with Gasteiger partial charge in [0, 0.05) is 0 Å². The molecule has 9 heteroatoms. The van der Waals surface area contributed by atoms with Gasteiger partial charge in [0.15, 0.2) is 0 Å². The molecule has 0 spiro atoms. The number of hydrogen-bond acceptors (Lipinski definition) is 3. The summed E-state index contributed by atoms with van der Waals surface area (Å²) in [7, 11) is -4.81. The summed E-state index contributed by atoms with van der Waals surface area (Å²) in [5.41, 5.74) is 0. The fraction of sp³-hybridized carbons (Fsp3) is 0. The van der Waals surface area contributed by atoms with Gasteiger partial charge in [0.2, 0.25) is 0 Å². The van der Waals surface area contributed by atoms with Crippen molar-refractivity contribution < 1.29 is 44.6 Å². The molecule has 0 radical (unpaired) electrons. The maximum absolute atomic E-state index is 10.2. The van der Waals surface area contributed by atoms with Crippen LogP contribution in [0, 0.1) is 0 Å². The Kier molecular flexibility index (Phi) is 17.6. The van der Waals surface area contributed by atoms with Crippen molar-refractivity contribution in [2.24, 2.45) is 0 Å². The molecule has 0 aromatic heterocycles. The molecule has 0 aliphatic heterocycles. The molecule has 0 atom stereocenters. The zero-order valence-corrected chi connectivity index (χ0v) is 5.68. The van der Waals surface area contributed by atoms with Gasteiger partial charge in [-0.25, -0.2) is 4.57 Å². The minimum absolute atomic E-state index is 0. The van der Waals surface area contributed by atoms with E-state index in [0.29, 0.717) is 0 Å². The Morgan fingerprint density at radius 2 is 1.56 bits per heavy atom. The Bertz CT molecular complexity index is 91.0. The summed E-state index contributed by atoms with van der Waals surface area (Å²) in [4.78, 5) is 14.7. The standard InChI is InChI=1S/FH2O4P.Na.O.V.H/c1-5-6(2,3)4;;;;/h(H2,2,3,4);;;;. The van der Waals surface area contributed by atoms with E-state index in [2.05, 4.69) is 4.73 Å². The van der Waals surface area contributed by atoms with Crippen LogP contribution in [0.15, 0.2) is 0 Å². The quantitative estimate of drug-likeness (QED) is 0.434. The minimum atomic E-state index is -4.81. The molecular formula is H3FNaO5PV. The summed E-state index contributed by atoms with van der Waals surface area (Å²) in [6, 6.07) is 0. The SMILES string of the molecule is O=P(O)(O)OF.[NaH].[O]=[V]. The normalized spacial score (nSPS) is 8.22. The number of rotatable bonds is 1. The number of phosphoric acid groups is 1. The Morgan fingerprint density at radius 1 is 1.44 bits per heavy atom. The van der Waals surface area contributed by atoms with Crippen molar-refractivity contribution in [3.63, 3.8) is 0 Å². The average molecular weight is 207 g/mol. The molecule has 0 aromatic rings. The van der Waals surface area contributed by atoms with Crippen LogP contribution >= 0.6 is 7.82 Å². The van der Waals surface area contributed by atoms with Crippen molar-refractivity contribution in [1.82, 2.24) is 0 Å². The Balaban J connectivity index is -0.000000109. The van der Waals surface area contributed by atoms with Gasteiger partial charge in [-0.05, 0) is 4.53 Å². The third-order valence-electron chi connectivity index (χ3n) is 0.0899. The fourth-order valence-electron chi connectivity index (χ4n) is 0. The van der Waals surface area contributed by atoms with Gasteiger partial charge in [-0.1, -0.05) is 4.73 Å². The first-order valence-electron chi connectivity index (χ1n) is 1.10. The number of hydrogen-bond donors (Lipinski definition) is 2. The van der Waals surface area contributed by atoms with E-state index in [9.17, 15) is 4.53 Å². The predicted molar refractivity (Wildman–Crippen MR) is 22.1 cm³/mol. The third kappa shape index (κ3) is 26.5. The van der Waals surface area contributed by atoms with Gasteiger partial charge < -0.3 is 9.79 Å². The Hall–Kier alpha value is 1.42. The summed E-state index contributed by atoms with van der Waals surface area (Å²) in [5.74, 6) is 0. The van der Waals surface area contributed by atoms with Gasteiger partial charge in [0.1, 0.15) is 0 Å². The number of halogens is 1. The first kappa shape index (κ1) is 16.8. The molecule has 2 N–H and O–H groups in total. The maximum atomic E-state index is 10.2. The van der Waals surface area contributed by atoms with Crippen molar-refractivity contribution in [1.29, 1.82) is 0 Å². The van der Waals surface area contributed by atoms with Gasteiger partial charge in [0.05, 0.1) is 0 Å². The van der Waals surface area contributed by atoms with Crippen LogP contribution in [0.3, 0.4) is 0 Å². The second-order valence-electron chi connectivity index (χ2n) is 0.560. The molecule has 0 rings (SSSR count). The van der Waals surface area contributed by atoms with Crippen molar-refractivity contribution >= 4 is 37.4 Å². The van der Waals surface area contributed by atoms with E-state index in [1.54, 1.807) is 0 Å². The summed E-state index contributed by atoms with van der Waals surface area (Å²) < 4.78 is 29.6. The predicted octanol–water partition coefficient (Wildman–Crippen LogP) is -0.790. The topological polar surface area (TPSA) is 83.8 Å². The van der Waals surface area contributed by atoms with Crippen LogP contribution in [0.4, 0.5) is 4.53 Å². The van der Waals surface area contributed by atoms with Crippen LogP contribution < -0.4 is 0 Å². The fourth-order valence-corrected chi connectivity index (χ4v) is 0. The molecule has 5 nitrogen and oxygen atoms in total. The van der Waals surface area contributed by atoms with Gasteiger partial charge in [-0.2, -0.15) is 0 Å². The van der Waals surface area contributed by atoms with Crippen LogP contribution in [0.1, 0.15) is 0 Å². The van der Waals surface area contributed by atoms with Gasteiger partial charge >= 0.3 is 58.4 Å². The molecule has 0 amide bonds. The molecule has 0 aliphatic carbocycles. The molecule has 51 valence electrons. The second kappa shape index (κ2) is 9.42. The molecule has 0 aromatic carbocycles. The zero-order chi connectivity index (χ0) is 7.21. The summed E-state index contributed by atoms with van der Waals surface area (Å²) >= 11 is 1.06. The van der Waals surface area contributed by atoms with Crippen molar-refractivity contribution in [3.8, 4) is 0 Å². The first-order valence-corrected chi connectivity index (χ1v) is 3.20. The van der Waals surface area contributed by atoms with Crippen LogP contribution in [0.2, 0.25) is 0 Å². The van der Waals surface area contributed by atoms with E-state index in [1.165, 1.54) is 0 Å². The second-order valence-corrected chi connectivity index (χ2v) is 1.68. The van der Waals surface area contributed by atoms with Crippen LogP contribution in [-0.4, -0.2) is 39.3 Å². The van der Waals surface area contributed by atoms with E-state index in [1.807, 2.05) is 0 Å². The molecular weight excluding hydrogens is 204 g/mol. The monoisotopic (exact) mass is 207 g/mol. The third-order valence-corrected chi connectivity index (χ3v) is 0.270. The summed E-state index contributed by atoms with van der Waals surface area (Å²) in [6.45, 7) is 0. The molecule has 9 heavy (non-hydrogen) atoms. The van der Waals surface area contributed by atoms with E-state index in [-0.39, 0.29) is 29.6 Å². The molecule has 0 unspecified atom stereocenters. The van der Waals surface area contributed by atoms with E-state index in [0.717, 1.165) is 17.4 Å². The van der Waals surface area contributed by atoms with Crippen molar-refractivity contribution in [3.05, 3.63) is 0 Å². The molecule has 0 saturated carbocycles. The molecule has 0 bridgehead atoms. The Morgan fingerprint density at radius 3 is 1.56 bits per heavy atom.